The van der Waals surface area contributed by atoms with Crippen LogP contribution in [0, 0.1) is 19.7 Å². The zero-order chi connectivity index (χ0) is 14.9. The van der Waals surface area contributed by atoms with Crippen LogP contribution in [-0.4, -0.2) is 6.36 Å². The van der Waals surface area contributed by atoms with Gasteiger partial charge in [0.1, 0.15) is 11.6 Å². The Labute approximate surface area is 113 Å². The molecule has 0 spiro atoms. The van der Waals surface area contributed by atoms with Crippen LogP contribution in [0.5, 0.6) is 5.75 Å². The fourth-order valence-electron chi connectivity index (χ4n) is 2.01. The van der Waals surface area contributed by atoms with Crippen LogP contribution in [0.1, 0.15) is 11.1 Å². The highest BCUT2D eigenvalue weighted by Gasteiger charge is 2.32. The SMILES string of the molecule is Cc1cc(C)c(-c2ccc(F)cc2)cc1OC(F)(F)F. The zero-order valence-electron chi connectivity index (χ0n) is 10.9. The lowest BCUT2D eigenvalue weighted by Crippen LogP contribution is -2.17. The Hall–Kier alpha value is -2.04. The Bertz CT molecular complexity index is 615. The van der Waals surface area contributed by atoms with Gasteiger partial charge in [0.05, 0.1) is 0 Å². The van der Waals surface area contributed by atoms with Crippen molar-refractivity contribution in [2.75, 3.05) is 0 Å². The molecule has 2 rings (SSSR count). The van der Waals surface area contributed by atoms with E-state index in [1.807, 2.05) is 0 Å². The van der Waals surface area contributed by atoms with E-state index in [0.717, 1.165) is 5.56 Å². The molecule has 5 heteroatoms. The van der Waals surface area contributed by atoms with Crippen LogP contribution in [0.4, 0.5) is 17.6 Å². The van der Waals surface area contributed by atoms with Crippen molar-refractivity contribution in [3.8, 4) is 16.9 Å². The van der Waals surface area contributed by atoms with Crippen molar-refractivity contribution < 1.29 is 22.3 Å². The fraction of sp³-hybridized carbons (Fsp3) is 0.200. The molecule has 20 heavy (non-hydrogen) atoms. The number of benzene rings is 2. The van der Waals surface area contributed by atoms with Crippen molar-refractivity contribution in [1.29, 1.82) is 0 Å². The first-order chi connectivity index (χ1) is 9.26. The van der Waals surface area contributed by atoms with Gasteiger partial charge >= 0.3 is 6.36 Å². The standard InChI is InChI=1S/C15H12F4O/c1-9-7-10(2)14(20-15(17,18)19)8-13(9)11-3-5-12(16)6-4-11/h3-8H,1-2H3. The fourth-order valence-corrected chi connectivity index (χ4v) is 2.01. The largest absolute Gasteiger partial charge is 0.573 e. The second-order valence-electron chi connectivity index (χ2n) is 4.49. The van der Waals surface area contributed by atoms with Crippen molar-refractivity contribution in [3.63, 3.8) is 0 Å². The lowest BCUT2D eigenvalue weighted by Gasteiger charge is -2.15. The lowest BCUT2D eigenvalue weighted by molar-refractivity contribution is -0.274. The molecule has 0 heterocycles. The van der Waals surface area contributed by atoms with Gasteiger partial charge in [-0.25, -0.2) is 4.39 Å². The van der Waals surface area contributed by atoms with Gasteiger partial charge in [0, 0.05) is 0 Å². The van der Waals surface area contributed by atoms with Gasteiger partial charge in [-0.3, -0.25) is 0 Å². The molecule has 0 aliphatic carbocycles. The van der Waals surface area contributed by atoms with Gasteiger partial charge in [-0.15, -0.1) is 13.2 Å². The molecule has 0 bridgehead atoms. The Morgan fingerprint density at radius 2 is 1.50 bits per heavy atom. The van der Waals surface area contributed by atoms with Gasteiger partial charge < -0.3 is 4.74 Å². The zero-order valence-corrected chi connectivity index (χ0v) is 10.9. The summed E-state index contributed by atoms with van der Waals surface area (Å²) >= 11 is 0. The number of aryl methyl sites for hydroxylation is 2. The summed E-state index contributed by atoms with van der Waals surface area (Å²) in [7, 11) is 0. The number of halogens is 4. The number of hydrogen-bond donors (Lipinski definition) is 0. The minimum absolute atomic E-state index is 0.248. The summed E-state index contributed by atoms with van der Waals surface area (Å²) in [5, 5.41) is 0. The summed E-state index contributed by atoms with van der Waals surface area (Å²) in [5.74, 6) is -0.646. The van der Waals surface area contributed by atoms with Crippen molar-refractivity contribution in [1.82, 2.24) is 0 Å². The van der Waals surface area contributed by atoms with Crippen LogP contribution in [0.25, 0.3) is 11.1 Å². The summed E-state index contributed by atoms with van der Waals surface area (Å²) in [4.78, 5) is 0. The third-order valence-corrected chi connectivity index (χ3v) is 2.90. The Morgan fingerprint density at radius 3 is 2.05 bits per heavy atom. The average Bonchev–Trinajstić information content (AvgIpc) is 2.32. The minimum atomic E-state index is -4.74. The summed E-state index contributed by atoms with van der Waals surface area (Å²) in [6, 6.07) is 8.50. The Morgan fingerprint density at radius 1 is 0.900 bits per heavy atom. The van der Waals surface area contributed by atoms with Crippen LogP contribution >= 0.6 is 0 Å². The molecule has 0 saturated heterocycles. The molecular formula is C15H12F4O. The third-order valence-electron chi connectivity index (χ3n) is 2.90. The van der Waals surface area contributed by atoms with Crippen molar-refractivity contribution in [3.05, 3.63) is 53.3 Å². The van der Waals surface area contributed by atoms with Crippen LogP contribution < -0.4 is 4.74 Å². The van der Waals surface area contributed by atoms with Crippen molar-refractivity contribution >= 4 is 0 Å². The molecule has 0 aromatic heterocycles. The summed E-state index contributed by atoms with van der Waals surface area (Å²) in [6.45, 7) is 3.32. The monoisotopic (exact) mass is 284 g/mol. The molecule has 0 N–H and O–H groups in total. The van der Waals surface area contributed by atoms with E-state index in [9.17, 15) is 17.6 Å². The maximum Gasteiger partial charge on any atom is 0.573 e. The highest BCUT2D eigenvalue weighted by molar-refractivity contribution is 5.69. The van der Waals surface area contributed by atoms with E-state index >= 15 is 0 Å². The van der Waals surface area contributed by atoms with E-state index in [4.69, 9.17) is 0 Å². The third kappa shape index (κ3) is 3.29. The molecule has 1 nitrogen and oxygen atoms in total. The van der Waals surface area contributed by atoms with Crippen molar-refractivity contribution in [2.45, 2.75) is 20.2 Å². The normalized spacial score (nSPS) is 11.5. The van der Waals surface area contributed by atoms with Gasteiger partial charge in [0.25, 0.3) is 0 Å². The predicted octanol–water partition coefficient (Wildman–Crippen LogP) is 5.01. The van der Waals surface area contributed by atoms with Gasteiger partial charge in [0.15, 0.2) is 0 Å². The van der Waals surface area contributed by atoms with E-state index < -0.39 is 12.2 Å². The molecule has 0 aliphatic rings. The first-order valence-corrected chi connectivity index (χ1v) is 5.89. The molecule has 106 valence electrons. The molecule has 0 amide bonds. The molecule has 0 aliphatic heterocycles. The highest BCUT2D eigenvalue weighted by Crippen LogP contribution is 2.33. The van der Waals surface area contributed by atoms with Crippen LogP contribution in [0.2, 0.25) is 0 Å². The first-order valence-electron chi connectivity index (χ1n) is 5.89. The van der Waals surface area contributed by atoms with Gasteiger partial charge in [-0.2, -0.15) is 0 Å². The molecular weight excluding hydrogens is 272 g/mol. The number of hydrogen-bond acceptors (Lipinski definition) is 1. The van der Waals surface area contributed by atoms with E-state index in [-0.39, 0.29) is 5.75 Å². The van der Waals surface area contributed by atoms with E-state index in [1.165, 1.54) is 30.3 Å². The maximum absolute atomic E-state index is 12.9. The van der Waals surface area contributed by atoms with Gasteiger partial charge in [0.2, 0.25) is 0 Å². The Kier molecular flexibility index (Phi) is 3.70. The minimum Gasteiger partial charge on any atom is -0.405 e. The lowest BCUT2D eigenvalue weighted by atomic mass is 9.98. The molecule has 0 saturated carbocycles. The molecule has 2 aromatic rings. The molecule has 0 unspecified atom stereocenters. The maximum atomic E-state index is 12.9. The number of rotatable bonds is 2. The number of ether oxygens (including phenoxy) is 1. The first kappa shape index (κ1) is 14.4. The highest BCUT2D eigenvalue weighted by atomic mass is 19.4. The predicted molar refractivity (Wildman–Crippen MR) is 68.0 cm³/mol. The molecule has 2 aromatic carbocycles. The molecule has 0 atom stereocenters. The van der Waals surface area contributed by atoms with Crippen molar-refractivity contribution in [2.24, 2.45) is 0 Å². The van der Waals surface area contributed by atoms with Gasteiger partial charge in [-0.1, -0.05) is 18.2 Å². The molecule has 0 radical (unpaired) electrons. The smallest absolute Gasteiger partial charge is 0.405 e. The van der Waals surface area contributed by atoms with Gasteiger partial charge in [-0.05, 0) is 54.3 Å². The van der Waals surface area contributed by atoms with E-state index in [2.05, 4.69) is 4.74 Å². The summed E-state index contributed by atoms with van der Waals surface area (Å²) < 4.78 is 53.9. The number of alkyl halides is 3. The average molecular weight is 284 g/mol. The van der Waals surface area contributed by atoms with E-state index in [1.54, 1.807) is 19.9 Å². The van der Waals surface area contributed by atoms with E-state index in [0.29, 0.717) is 16.7 Å². The summed E-state index contributed by atoms with van der Waals surface area (Å²) in [6.07, 6.45) is -4.74. The second-order valence-corrected chi connectivity index (χ2v) is 4.49. The van der Waals surface area contributed by atoms with Crippen LogP contribution in [-0.2, 0) is 0 Å². The summed E-state index contributed by atoms with van der Waals surface area (Å²) in [5.41, 5.74) is 2.40. The Balaban J connectivity index is 2.48. The second kappa shape index (κ2) is 5.15. The quantitative estimate of drug-likeness (QED) is 0.704. The van der Waals surface area contributed by atoms with Crippen LogP contribution in [0.15, 0.2) is 36.4 Å². The van der Waals surface area contributed by atoms with Crippen LogP contribution in [0.3, 0.4) is 0 Å². The topological polar surface area (TPSA) is 9.23 Å². The molecule has 0 fully saturated rings.